The average Bonchev–Trinajstić information content (AvgIpc) is 2.35. The van der Waals surface area contributed by atoms with Crippen LogP contribution >= 0.6 is 15.9 Å². The van der Waals surface area contributed by atoms with Crippen LogP contribution in [-0.2, 0) is 6.42 Å². The molecule has 2 aromatic rings. The standard InChI is InChI=1S/C14H15BrN2/c1-11-9-13(4-5-14(11)15)17-8-6-12-3-2-7-16-10-12/h2-5,7,9-10,17H,6,8H2,1H3. The van der Waals surface area contributed by atoms with Crippen LogP contribution in [0.2, 0.25) is 0 Å². The minimum atomic E-state index is 0.923. The molecule has 0 aliphatic carbocycles. The number of benzene rings is 1. The Morgan fingerprint density at radius 2 is 2.18 bits per heavy atom. The summed E-state index contributed by atoms with van der Waals surface area (Å²) in [4.78, 5) is 4.10. The van der Waals surface area contributed by atoms with Gasteiger partial charge in [-0.15, -0.1) is 0 Å². The smallest absolute Gasteiger partial charge is 0.0343 e. The minimum Gasteiger partial charge on any atom is -0.385 e. The molecule has 0 aliphatic heterocycles. The zero-order chi connectivity index (χ0) is 12.1. The quantitative estimate of drug-likeness (QED) is 0.926. The highest BCUT2D eigenvalue weighted by atomic mass is 79.9. The Kier molecular flexibility index (Phi) is 4.15. The zero-order valence-electron chi connectivity index (χ0n) is 9.78. The molecule has 1 aromatic heterocycles. The number of aryl methyl sites for hydroxylation is 1. The minimum absolute atomic E-state index is 0.923. The van der Waals surface area contributed by atoms with Gasteiger partial charge in [0.25, 0.3) is 0 Å². The van der Waals surface area contributed by atoms with Crippen LogP contribution in [0.3, 0.4) is 0 Å². The number of hydrogen-bond acceptors (Lipinski definition) is 2. The monoisotopic (exact) mass is 290 g/mol. The highest BCUT2D eigenvalue weighted by Crippen LogP contribution is 2.19. The van der Waals surface area contributed by atoms with E-state index >= 15 is 0 Å². The van der Waals surface area contributed by atoms with Crippen LogP contribution in [-0.4, -0.2) is 11.5 Å². The number of pyridine rings is 1. The lowest BCUT2D eigenvalue weighted by Crippen LogP contribution is -2.05. The molecule has 0 unspecified atom stereocenters. The number of rotatable bonds is 4. The van der Waals surface area contributed by atoms with Crippen LogP contribution in [0.5, 0.6) is 0 Å². The van der Waals surface area contributed by atoms with Crippen molar-refractivity contribution in [1.29, 1.82) is 0 Å². The van der Waals surface area contributed by atoms with Crippen LogP contribution in [0.15, 0.2) is 47.2 Å². The molecule has 88 valence electrons. The second-order valence-corrected chi connectivity index (χ2v) is 4.86. The van der Waals surface area contributed by atoms with E-state index in [1.165, 1.54) is 11.1 Å². The van der Waals surface area contributed by atoms with Crippen molar-refractivity contribution in [2.24, 2.45) is 0 Å². The van der Waals surface area contributed by atoms with Crippen molar-refractivity contribution in [2.45, 2.75) is 13.3 Å². The summed E-state index contributed by atoms with van der Waals surface area (Å²) in [5, 5.41) is 3.41. The molecule has 1 N–H and O–H groups in total. The van der Waals surface area contributed by atoms with Crippen LogP contribution in [0.4, 0.5) is 5.69 Å². The third kappa shape index (κ3) is 3.56. The van der Waals surface area contributed by atoms with Gasteiger partial charge in [0.15, 0.2) is 0 Å². The van der Waals surface area contributed by atoms with E-state index < -0.39 is 0 Å². The third-order valence-corrected chi connectivity index (χ3v) is 3.51. The normalized spacial score (nSPS) is 10.2. The summed E-state index contributed by atoms with van der Waals surface area (Å²) in [5.41, 5.74) is 3.67. The molecule has 0 amide bonds. The van der Waals surface area contributed by atoms with E-state index in [2.05, 4.69) is 57.4 Å². The van der Waals surface area contributed by atoms with Gasteiger partial charge in [0.1, 0.15) is 0 Å². The first-order chi connectivity index (χ1) is 8.25. The molecule has 0 bridgehead atoms. The van der Waals surface area contributed by atoms with Crippen molar-refractivity contribution in [1.82, 2.24) is 4.98 Å². The van der Waals surface area contributed by atoms with Gasteiger partial charge in [0.05, 0.1) is 0 Å². The predicted molar refractivity (Wildman–Crippen MR) is 75.3 cm³/mol. The molecule has 0 saturated carbocycles. The van der Waals surface area contributed by atoms with Crippen molar-refractivity contribution in [2.75, 3.05) is 11.9 Å². The largest absolute Gasteiger partial charge is 0.385 e. The summed E-state index contributed by atoms with van der Waals surface area (Å²) in [7, 11) is 0. The van der Waals surface area contributed by atoms with E-state index in [9.17, 15) is 0 Å². The van der Waals surface area contributed by atoms with E-state index in [1.807, 2.05) is 12.3 Å². The fraction of sp³-hybridized carbons (Fsp3) is 0.214. The summed E-state index contributed by atoms with van der Waals surface area (Å²) in [6, 6.07) is 10.4. The van der Waals surface area contributed by atoms with Crippen molar-refractivity contribution in [3.63, 3.8) is 0 Å². The molecule has 0 fully saturated rings. The maximum atomic E-state index is 4.10. The Bertz CT molecular complexity index is 483. The molecule has 0 aliphatic rings. The fourth-order valence-corrected chi connectivity index (χ4v) is 1.90. The van der Waals surface area contributed by atoms with E-state index in [0.29, 0.717) is 0 Å². The molecule has 2 rings (SSSR count). The molecule has 0 atom stereocenters. The second kappa shape index (κ2) is 5.82. The van der Waals surface area contributed by atoms with E-state index in [1.54, 1.807) is 6.20 Å². The first kappa shape index (κ1) is 12.1. The van der Waals surface area contributed by atoms with E-state index in [4.69, 9.17) is 0 Å². The Labute approximate surface area is 110 Å². The van der Waals surface area contributed by atoms with Gasteiger partial charge in [-0.3, -0.25) is 4.98 Å². The summed E-state index contributed by atoms with van der Waals surface area (Å²) in [5.74, 6) is 0. The maximum absolute atomic E-state index is 4.10. The molecular formula is C14H15BrN2. The molecule has 0 spiro atoms. The number of aromatic nitrogens is 1. The van der Waals surface area contributed by atoms with E-state index in [0.717, 1.165) is 23.1 Å². The van der Waals surface area contributed by atoms with Gasteiger partial charge in [-0.05, 0) is 48.7 Å². The van der Waals surface area contributed by atoms with Crippen molar-refractivity contribution < 1.29 is 0 Å². The van der Waals surface area contributed by atoms with E-state index in [-0.39, 0.29) is 0 Å². The topological polar surface area (TPSA) is 24.9 Å². The van der Waals surface area contributed by atoms with Crippen LogP contribution in [0.25, 0.3) is 0 Å². The Balaban J connectivity index is 1.88. The Morgan fingerprint density at radius 1 is 1.29 bits per heavy atom. The number of hydrogen-bond donors (Lipinski definition) is 1. The SMILES string of the molecule is Cc1cc(NCCc2cccnc2)ccc1Br. The van der Waals surface area contributed by atoms with Gasteiger partial charge < -0.3 is 5.32 Å². The lowest BCUT2D eigenvalue weighted by Gasteiger charge is -2.08. The zero-order valence-corrected chi connectivity index (χ0v) is 11.4. The molecule has 3 heteroatoms. The van der Waals surface area contributed by atoms with Gasteiger partial charge in [-0.1, -0.05) is 22.0 Å². The van der Waals surface area contributed by atoms with Crippen molar-refractivity contribution in [3.05, 3.63) is 58.3 Å². The lowest BCUT2D eigenvalue weighted by molar-refractivity contribution is 1.00. The van der Waals surface area contributed by atoms with Crippen molar-refractivity contribution >= 4 is 21.6 Å². The summed E-state index contributed by atoms with van der Waals surface area (Å²) in [6.07, 6.45) is 4.70. The highest BCUT2D eigenvalue weighted by Gasteiger charge is 1.97. The first-order valence-corrected chi connectivity index (χ1v) is 6.44. The van der Waals surface area contributed by atoms with Crippen LogP contribution < -0.4 is 5.32 Å². The van der Waals surface area contributed by atoms with Gasteiger partial charge in [-0.25, -0.2) is 0 Å². The average molecular weight is 291 g/mol. The van der Waals surface area contributed by atoms with Gasteiger partial charge >= 0.3 is 0 Å². The molecular weight excluding hydrogens is 276 g/mol. The first-order valence-electron chi connectivity index (χ1n) is 5.64. The van der Waals surface area contributed by atoms with Gasteiger partial charge in [0.2, 0.25) is 0 Å². The fourth-order valence-electron chi connectivity index (χ4n) is 1.65. The van der Waals surface area contributed by atoms with Gasteiger partial charge in [0, 0.05) is 29.1 Å². The van der Waals surface area contributed by atoms with Crippen LogP contribution in [0, 0.1) is 6.92 Å². The number of halogens is 1. The number of nitrogens with zero attached hydrogens (tertiary/aromatic N) is 1. The Hall–Kier alpha value is -1.35. The second-order valence-electron chi connectivity index (χ2n) is 4.00. The predicted octanol–water partition coefficient (Wildman–Crippen LogP) is 3.81. The molecule has 0 radical (unpaired) electrons. The summed E-state index contributed by atoms with van der Waals surface area (Å²) in [6.45, 7) is 3.02. The van der Waals surface area contributed by atoms with Gasteiger partial charge in [-0.2, -0.15) is 0 Å². The molecule has 0 saturated heterocycles. The molecule has 17 heavy (non-hydrogen) atoms. The molecule has 1 heterocycles. The van der Waals surface area contributed by atoms with Crippen LogP contribution in [0.1, 0.15) is 11.1 Å². The maximum Gasteiger partial charge on any atom is 0.0343 e. The Morgan fingerprint density at radius 3 is 2.88 bits per heavy atom. The number of anilines is 1. The lowest BCUT2D eigenvalue weighted by atomic mass is 10.2. The summed E-state index contributed by atoms with van der Waals surface area (Å²) >= 11 is 3.50. The summed E-state index contributed by atoms with van der Waals surface area (Å²) < 4.78 is 1.15. The number of nitrogens with one attached hydrogen (secondary N) is 1. The molecule has 2 nitrogen and oxygen atoms in total. The third-order valence-electron chi connectivity index (χ3n) is 2.62. The van der Waals surface area contributed by atoms with Crippen molar-refractivity contribution in [3.8, 4) is 0 Å². The molecule has 1 aromatic carbocycles. The highest BCUT2D eigenvalue weighted by molar-refractivity contribution is 9.10.